The van der Waals surface area contributed by atoms with E-state index in [4.69, 9.17) is 16.2 Å². The summed E-state index contributed by atoms with van der Waals surface area (Å²) in [7, 11) is 0. The number of hydrogen-bond donors (Lipinski definition) is 2. The molecule has 2 aromatic rings. The molecule has 0 spiro atoms. The summed E-state index contributed by atoms with van der Waals surface area (Å²) in [4.78, 5) is 0. The fourth-order valence-corrected chi connectivity index (χ4v) is 1.49. The SMILES string of the molecule is Cc1ccc(COc2ccc(N)c(N)c2)cc1. The van der Waals surface area contributed by atoms with Gasteiger partial charge in [-0.2, -0.15) is 0 Å². The highest BCUT2D eigenvalue weighted by atomic mass is 16.5. The van der Waals surface area contributed by atoms with E-state index in [0.29, 0.717) is 18.0 Å². The number of rotatable bonds is 3. The predicted molar refractivity (Wildman–Crippen MR) is 70.8 cm³/mol. The molecule has 0 fully saturated rings. The van der Waals surface area contributed by atoms with Crippen LogP contribution in [0.1, 0.15) is 11.1 Å². The Morgan fingerprint density at radius 1 is 0.941 bits per heavy atom. The molecule has 0 bridgehead atoms. The number of benzene rings is 2. The molecule has 3 heteroatoms. The van der Waals surface area contributed by atoms with Gasteiger partial charge in [0.25, 0.3) is 0 Å². The van der Waals surface area contributed by atoms with Gasteiger partial charge in [-0.1, -0.05) is 29.8 Å². The molecule has 0 amide bonds. The average molecular weight is 228 g/mol. The van der Waals surface area contributed by atoms with Gasteiger partial charge in [0.05, 0.1) is 11.4 Å². The molecule has 0 saturated heterocycles. The minimum absolute atomic E-state index is 0.531. The van der Waals surface area contributed by atoms with E-state index in [-0.39, 0.29) is 0 Å². The molecule has 88 valence electrons. The summed E-state index contributed by atoms with van der Waals surface area (Å²) in [6.07, 6.45) is 0. The third-order valence-electron chi connectivity index (χ3n) is 2.58. The summed E-state index contributed by atoms with van der Waals surface area (Å²) in [5, 5.41) is 0. The third-order valence-corrected chi connectivity index (χ3v) is 2.58. The van der Waals surface area contributed by atoms with E-state index >= 15 is 0 Å². The van der Waals surface area contributed by atoms with Gasteiger partial charge in [0.15, 0.2) is 0 Å². The Labute approximate surface area is 101 Å². The first-order chi connectivity index (χ1) is 8.15. The lowest BCUT2D eigenvalue weighted by Crippen LogP contribution is -1.98. The number of nitrogens with two attached hydrogens (primary N) is 2. The minimum atomic E-state index is 0.531. The first kappa shape index (κ1) is 11.3. The number of ether oxygens (including phenoxy) is 1. The molecule has 0 aliphatic heterocycles. The first-order valence-electron chi connectivity index (χ1n) is 5.48. The van der Waals surface area contributed by atoms with Crippen molar-refractivity contribution in [1.29, 1.82) is 0 Å². The topological polar surface area (TPSA) is 61.3 Å². The van der Waals surface area contributed by atoms with Crippen LogP contribution in [0.2, 0.25) is 0 Å². The molecule has 2 rings (SSSR count). The van der Waals surface area contributed by atoms with Crippen LogP contribution in [0.5, 0.6) is 5.75 Å². The quantitative estimate of drug-likeness (QED) is 0.794. The molecule has 0 aliphatic rings. The number of nitrogen functional groups attached to an aromatic ring is 2. The molecule has 0 heterocycles. The molecule has 0 atom stereocenters. The van der Waals surface area contributed by atoms with Gasteiger partial charge in [0, 0.05) is 6.07 Å². The van der Waals surface area contributed by atoms with Crippen LogP contribution in [0, 0.1) is 6.92 Å². The van der Waals surface area contributed by atoms with Crippen molar-refractivity contribution in [2.75, 3.05) is 11.5 Å². The van der Waals surface area contributed by atoms with Crippen molar-refractivity contribution in [2.24, 2.45) is 0 Å². The normalized spacial score (nSPS) is 10.2. The smallest absolute Gasteiger partial charge is 0.122 e. The number of aryl methyl sites for hydroxylation is 1. The van der Waals surface area contributed by atoms with Crippen LogP contribution >= 0.6 is 0 Å². The van der Waals surface area contributed by atoms with Gasteiger partial charge in [0.2, 0.25) is 0 Å². The zero-order valence-electron chi connectivity index (χ0n) is 9.81. The van der Waals surface area contributed by atoms with Crippen LogP contribution in [0.15, 0.2) is 42.5 Å². The fourth-order valence-electron chi connectivity index (χ4n) is 1.49. The van der Waals surface area contributed by atoms with Crippen LogP contribution in [0.4, 0.5) is 11.4 Å². The number of hydrogen-bond acceptors (Lipinski definition) is 3. The van der Waals surface area contributed by atoms with Gasteiger partial charge >= 0.3 is 0 Å². The van der Waals surface area contributed by atoms with E-state index in [2.05, 4.69) is 31.2 Å². The zero-order chi connectivity index (χ0) is 12.3. The molecule has 0 aromatic heterocycles. The summed E-state index contributed by atoms with van der Waals surface area (Å²) in [6, 6.07) is 13.5. The lowest BCUT2D eigenvalue weighted by Gasteiger charge is -2.08. The van der Waals surface area contributed by atoms with Gasteiger partial charge in [-0.3, -0.25) is 0 Å². The molecule has 3 nitrogen and oxygen atoms in total. The Hall–Kier alpha value is -2.16. The highest BCUT2D eigenvalue weighted by molar-refractivity contribution is 5.65. The lowest BCUT2D eigenvalue weighted by atomic mass is 10.2. The Kier molecular flexibility index (Phi) is 3.19. The van der Waals surface area contributed by atoms with Crippen molar-refractivity contribution in [3.63, 3.8) is 0 Å². The molecule has 0 aliphatic carbocycles. The van der Waals surface area contributed by atoms with Gasteiger partial charge in [0.1, 0.15) is 12.4 Å². The molecule has 2 aromatic carbocycles. The molecule has 0 unspecified atom stereocenters. The van der Waals surface area contributed by atoms with Gasteiger partial charge < -0.3 is 16.2 Å². The molecule has 0 radical (unpaired) electrons. The largest absolute Gasteiger partial charge is 0.489 e. The predicted octanol–water partition coefficient (Wildman–Crippen LogP) is 2.74. The van der Waals surface area contributed by atoms with Crippen LogP contribution in [-0.2, 0) is 6.61 Å². The average Bonchev–Trinajstić information content (AvgIpc) is 2.33. The maximum Gasteiger partial charge on any atom is 0.122 e. The highest BCUT2D eigenvalue weighted by Gasteiger charge is 1.99. The molecule has 4 N–H and O–H groups in total. The third kappa shape index (κ3) is 2.91. The summed E-state index contributed by atoms with van der Waals surface area (Å²) < 4.78 is 5.63. The van der Waals surface area contributed by atoms with Crippen molar-refractivity contribution < 1.29 is 4.74 Å². The fraction of sp³-hybridized carbons (Fsp3) is 0.143. The molecular weight excluding hydrogens is 212 g/mol. The Morgan fingerprint density at radius 2 is 1.65 bits per heavy atom. The summed E-state index contributed by atoms with van der Waals surface area (Å²) in [5.41, 5.74) is 14.8. The van der Waals surface area contributed by atoms with E-state index in [1.807, 2.05) is 6.07 Å². The van der Waals surface area contributed by atoms with Gasteiger partial charge in [-0.05, 0) is 24.6 Å². The standard InChI is InChI=1S/C14H16N2O/c1-10-2-4-11(5-3-10)9-17-12-6-7-13(15)14(16)8-12/h2-8H,9,15-16H2,1H3. The van der Waals surface area contributed by atoms with Crippen molar-refractivity contribution in [1.82, 2.24) is 0 Å². The minimum Gasteiger partial charge on any atom is -0.489 e. The van der Waals surface area contributed by atoms with E-state index in [1.54, 1.807) is 12.1 Å². The van der Waals surface area contributed by atoms with Crippen LogP contribution in [-0.4, -0.2) is 0 Å². The van der Waals surface area contributed by atoms with Crippen LogP contribution < -0.4 is 16.2 Å². The molecule has 17 heavy (non-hydrogen) atoms. The van der Waals surface area contributed by atoms with Crippen molar-refractivity contribution in [3.8, 4) is 5.75 Å². The van der Waals surface area contributed by atoms with E-state index in [9.17, 15) is 0 Å². The lowest BCUT2D eigenvalue weighted by molar-refractivity contribution is 0.306. The van der Waals surface area contributed by atoms with Crippen LogP contribution in [0.25, 0.3) is 0 Å². The maximum atomic E-state index is 5.70. The maximum absolute atomic E-state index is 5.70. The van der Waals surface area contributed by atoms with Crippen molar-refractivity contribution in [3.05, 3.63) is 53.6 Å². The molecule has 0 saturated carbocycles. The second-order valence-corrected chi connectivity index (χ2v) is 4.06. The molecular formula is C14H16N2O. The van der Waals surface area contributed by atoms with Gasteiger partial charge in [-0.15, -0.1) is 0 Å². The number of anilines is 2. The second-order valence-electron chi connectivity index (χ2n) is 4.06. The summed E-state index contributed by atoms with van der Waals surface area (Å²) in [5.74, 6) is 0.734. The first-order valence-corrected chi connectivity index (χ1v) is 5.48. The summed E-state index contributed by atoms with van der Waals surface area (Å²) >= 11 is 0. The Balaban J connectivity index is 2.02. The van der Waals surface area contributed by atoms with Gasteiger partial charge in [-0.25, -0.2) is 0 Å². The van der Waals surface area contributed by atoms with Crippen molar-refractivity contribution >= 4 is 11.4 Å². The van der Waals surface area contributed by atoms with E-state index in [1.165, 1.54) is 5.56 Å². The zero-order valence-corrected chi connectivity index (χ0v) is 9.81. The Bertz CT molecular complexity index is 506. The monoisotopic (exact) mass is 228 g/mol. The van der Waals surface area contributed by atoms with Crippen molar-refractivity contribution in [2.45, 2.75) is 13.5 Å². The van der Waals surface area contributed by atoms with E-state index < -0.39 is 0 Å². The summed E-state index contributed by atoms with van der Waals surface area (Å²) in [6.45, 7) is 2.59. The van der Waals surface area contributed by atoms with E-state index in [0.717, 1.165) is 11.3 Å². The van der Waals surface area contributed by atoms with Crippen LogP contribution in [0.3, 0.4) is 0 Å². The highest BCUT2D eigenvalue weighted by Crippen LogP contribution is 2.22. The Morgan fingerprint density at radius 3 is 2.29 bits per heavy atom. The second kappa shape index (κ2) is 4.78.